The molecule has 0 atom stereocenters. The maximum Gasteiger partial charge on any atom is 0.245 e. The quantitative estimate of drug-likeness (QED) is 0.619. The lowest BCUT2D eigenvalue weighted by atomic mass is 9.92. The zero-order chi connectivity index (χ0) is 23.0. The molecule has 1 N–H and O–H groups in total. The number of carbonyl (C=O) groups excluding carboxylic acids is 2. The minimum atomic E-state index is -0.254. The van der Waals surface area contributed by atoms with Crippen LogP contribution in [0.15, 0.2) is 30.3 Å². The van der Waals surface area contributed by atoms with Crippen LogP contribution in [-0.4, -0.2) is 53.3 Å². The predicted molar refractivity (Wildman–Crippen MR) is 124 cm³/mol. The maximum absolute atomic E-state index is 12.9. The number of aromatic nitrogens is 2. The third kappa shape index (κ3) is 6.92. The summed E-state index contributed by atoms with van der Waals surface area (Å²) in [6, 6.07) is 9.82. The van der Waals surface area contributed by atoms with Crippen molar-refractivity contribution in [2.45, 2.75) is 59.3 Å². The molecule has 1 aromatic heterocycles. The first-order valence-electron chi connectivity index (χ1n) is 10.9. The molecular weight excluding hydrogens is 392 g/mol. The number of carbonyl (C=O) groups is 2. The van der Waals surface area contributed by atoms with E-state index in [9.17, 15) is 9.59 Å². The van der Waals surface area contributed by atoms with Crippen LogP contribution in [-0.2, 0) is 19.7 Å². The molecule has 7 heteroatoms. The summed E-state index contributed by atoms with van der Waals surface area (Å²) in [5.41, 5.74) is 2.66. The topological polar surface area (TPSA) is 76.5 Å². The second-order valence-corrected chi connectivity index (χ2v) is 8.82. The van der Waals surface area contributed by atoms with Gasteiger partial charge in [0.15, 0.2) is 0 Å². The summed E-state index contributed by atoms with van der Waals surface area (Å²) in [6.45, 7) is 11.1. The maximum atomic E-state index is 12.9. The molecule has 0 bridgehead atoms. The van der Waals surface area contributed by atoms with Crippen LogP contribution in [0.4, 0.5) is 5.82 Å². The Morgan fingerprint density at radius 3 is 2.55 bits per heavy atom. The number of nitrogens with one attached hydrogen (secondary N) is 1. The number of unbranched alkanes of at least 4 members (excludes halogenated alkanes) is 1. The zero-order valence-corrected chi connectivity index (χ0v) is 19.7. The number of hydrogen-bond donors (Lipinski definition) is 1. The van der Waals surface area contributed by atoms with Gasteiger partial charge in [-0.2, -0.15) is 5.10 Å². The smallest absolute Gasteiger partial charge is 0.245 e. The minimum absolute atomic E-state index is 0.0181. The van der Waals surface area contributed by atoms with Gasteiger partial charge in [-0.25, -0.2) is 4.68 Å². The molecule has 0 fully saturated rings. The summed E-state index contributed by atoms with van der Waals surface area (Å²) < 4.78 is 6.89. The summed E-state index contributed by atoms with van der Waals surface area (Å²) in [5, 5.41) is 7.74. The van der Waals surface area contributed by atoms with Crippen molar-refractivity contribution in [1.82, 2.24) is 14.7 Å². The molecule has 0 aliphatic rings. The first kappa shape index (κ1) is 24.6. The van der Waals surface area contributed by atoms with E-state index in [1.807, 2.05) is 44.2 Å². The number of amides is 2. The van der Waals surface area contributed by atoms with E-state index in [4.69, 9.17) is 9.84 Å². The Balaban J connectivity index is 2.27. The predicted octanol–water partition coefficient (Wildman–Crippen LogP) is 4.08. The highest BCUT2D eigenvalue weighted by Gasteiger charge is 2.23. The molecule has 0 aliphatic heterocycles. The summed E-state index contributed by atoms with van der Waals surface area (Å²) in [5.74, 6) is 0.310. The van der Waals surface area contributed by atoms with Gasteiger partial charge in [0.2, 0.25) is 11.8 Å². The van der Waals surface area contributed by atoms with Crippen LogP contribution < -0.4 is 5.32 Å². The number of rotatable bonds is 10. The lowest BCUT2D eigenvalue weighted by Gasteiger charge is -2.22. The Bertz CT molecular complexity index is 883. The van der Waals surface area contributed by atoms with Crippen molar-refractivity contribution in [1.29, 1.82) is 0 Å². The molecule has 170 valence electrons. The molecule has 1 heterocycles. The lowest BCUT2D eigenvalue weighted by Crippen LogP contribution is -2.40. The molecule has 0 spiro atoms. The largest absolute Gasteiger partial charge is 0.383 e. The minimum Gasteiger partial charge on any atom is -0.383 e. The van der Waals surface area contributed by atoms with Gasteiger partial charge in [-0.15, -0.1) is 0 Å². The van der Waals surface area contributed by atoms with Crippen LogP contribution >= 0.6 is 0 Å². The Kier molecular flexibility index (Phi) is 8.80. The number of ether oxygens (including phenoxy) is 1. The van der Waals surface area contributed by atoms with Crippen molar-refractivity contribution in [3.8, 4) is 5.69 Å². The third-order valence-electron chi connectivity index (χ3n) is 5.09. The van der Waals surface area contributed by atoms with Gasteiger partial charge in [-0.3, -0.25) is 9.59 Å². The van der Waals surface area contributed by atoms with Crippen molar-refractivity contribution in [3.05, 3.63) is 41.6 Å². The van der Waals surface area contributed by atoms with Gasteiger partial charge in [-0.1, -0.05) is 52.3 Å². The molecule has 2 amide bonds. The lowest BCUT2D eigenvalue weighted by molar-refractivity contribution is -0.135. The summed E-state index contributed by atoms with van der Waals surface area (Å²) in [4.78, 5) is 27.0. The van der Waals surface area contributed by atoms with Crippen molar-refractivity contribution in [2.24, 2.45) is 0 Å². The Labute approximate surface area is 185 Å². The molecule has 0 saturated heterocycles. The Hall–Kier alpha value is -2.67. The van der Waals surface area contributed by atoms with Crippen LogP contribution in [0.5, 0.6) is 0 Å². The molecule has 31 heavy (non-hydrogen) atoms. The zero-order valence-electron chi connectivity index (χ0n) is 19.7. The summed E-state index contributed by atoms with van der Waals surface area (Å²) in [7, 11) is 1.59. The number of aryl methyl sites for hydroxylation is 1. The molecule has 0 radical (unpaired) electrons. The molecule has 0 unspecified atom stereocenters. The van der Waals surface area contributed by atoms with Crippen molar-refractivity contribution >= 4 is 17.6 Å². The molecule has 2 rings (SSSR count). The normalized spacial score (nSPS) is 11.4. The van der Waals surface area contributed by atoms with Crippen LogP contribution in [0.1, 0.15) is 58.2 Å². The molecule has 2 aromatic rings. The van der Waals surface area contributed by atoms with Crippen molar-refractivity contribution in [3.63, 3.8) is 0 Å². The van der Waals surface area contributed by atoms with Gasteiger partial charge in [0.25, 0.3) is 0 Å². The first-order valence-corrected chi connectivity index (χ1v) is 10.9. The number of nitrogens with zero attached hydrogens (tertiary/aromatic N) is 3. The Morgan fingerprint density at radius 2 is 1.94 bits per heavy atom. The van der Waals surface area contributed by atoms with Gasteiger partial charge in [0.1, 0.15) is 5.82 Å². The molecule has 7 nitrogen and oxygen atoms in total. The number of benzene rings is 1. The third-order valence-corrected chi connectivity index (χ3v) is 5.09. The fourth-order valence-corrected chi connectivity index (χ4v) is 3.16. The first-order chi connectivity index (χ1) is 14.7. The van der Waals surface area contributed by atoms with E-state index in [0.29, 0.717) is 25.4 Å². The van der Waals surface area contributed by atoms with E-state index >= 15 is 0 Å². The van der Waals surface area contributed by atoms with Crippen LogP contribution in [0, 0.1) is 6.92 Å². The molecular formula is C24H36N4O3. The van der Waals surface area contributed by atoms with Gasteiger partial charge >= 0.3 is 0 Å². The highest BCUT2D eigenvalue weighted by Crippen LogP contribution is 2.27. The number of para-hydroxylation sites is 1. The fourth-order valence-electron chi connectivity index (χ4n) is 3.16. The monoisotopic (exact) mass is 428 g/mol. The Morgan fingerprint density at radius 1 is 1.23 bits per heavy atom. The molecule has 1 aromatic carbocycles. The van der Waals surface area contributed by atoms with Crippen molar-refractivity contribution in [2.75, 3.05) is 32.1 Å². The second-order valence-electron chi connectivity index (χ2n) is 8.82. The van der Waals surface area contributed by atoms with E-state index in [0.717, 1.165) is 29.8 Å². The summed E-state index contributed by atoms with van der Waals surface area (Å²) >= 11 is 0. The average molecular weight is 429 g/mol. The van der Waals surface area contributed by atoms with Gasteiger partial charge in [0.05, 0.1) is 24.5 Å². The SMILES string of the molecule is CCCCC(=O)N(CCOC)CC(=O)Nc1cc(C(C)(C)C)nn1-c1ccccc1C. The molecule has 0 saturated carbocycles. The van der Waals surface area contributed by atoms with Gasteiger partial charge in [-0.05, 0) is 25.0 Å². The average Bonchev–Trinajstić information content (AvgIpc) is 3.13. The standard InChI is InChI=1S/C24H36N4O3/c1-7-8-13-23(30)27(14-15-31-6)17-22(29)25-21-16-20(24(3,4)5)26-28(21)19-12-10-9-11-18(19)2/h9-12,16H,7-8,13-15,17H2,1-6H3,(H,25,29). The number of methoxy groups -OCH3 is 1. The van der Waals surface area contributed by atoms with Crippen LogP contribution in [0.2, 0.25) is 0 Å². The number of hydrogen-bond acceptors (Lipinski definition) is 4. The van der Waals surface area contributed by atoms with Crippen LogP contribution in [0.25, 0.3) is 5.69 Å². The van der Waals surface area contributed by atoms with Gasteiger partial charge < -0.3 is 15.0 Å². The highest BCUT2D eigenvalue weighted by molar-refractivity contribution is 5.94. The number of anilines is 1. The highest BCUT2D eigenvalue weighted by atomic mass is 16.5. The van der Waals surface area contributed by atoms with Crippen LogP contribution in [0.3, 0.4) is 0 Å². The van der Waals surface area contributed by atoms with E-state index in [1.54, 1.807) is 16.7 Å². The second kappa shape index (κ2) is 11.1. The van der Waals surface area contributed by atoms with E-state index < -0.39 is 0 Å². The van der Waals surface area contributed by atoms with E-state index in [-0.39, 0.29) is 23.8 Å². The van der Waals surface area contributed by atoms with E-state index in [1.165, 1.54) is 0 Å². The molecule has 0 aliphatic carbocycles. The van der Waals surface area contributed by atoms with Gasteiger partial charge in [0, 0.05) is 31.6 Å². The summed E-state index contributed by atoms with van der Waals surface area (Å²) in [6.07, 6.45) is 2.17. The van der Waals surface area contributed by atoms with Crippen molar-refractivity contribution < 1.29 is 14.3 Å². The fraction of sp³-hybridized carbons (Fsp3) is 0.542. The van der Waals surface area contributed by atoms with E-state index in [2.05, 4.69) is 26.1 Å².